The molecule has 1 unspecified atom stereocenters. The number of hydrogen-bond donors (Lipinski definition) is 3. The predicted molar refractivity (Wildman–Crippen MR) is 150 cm³/mol. The monoisotopic (exact) mass is 572 g/mol. The number of nitrogens with zero attached hydrogens (tertiary/aromatic N) is 2. The number of hydrogen-bond acceptors (Lipinski definition) is 4. The van der Waals surface area contributed by atoms with Crippen LogP contribution in [0.2, 0.25) is 0 Å². The van der Waals surface area contributed by atoms with Crippen LogP contribution in [0.3, 0.4) is 0 Å². The van der Waals surface area contributed by atoms with E-state index >= 15 is 0 Å². The molecule has 1 fully saturated rings. The number of aryl methyl sites for hydroxylation is 2. The number of aromatic nitrogens is 1. The average Bonchev–Trinajstić information content (AvgIpc) is 3.53. The normalized spacial score (nSPS) is 16.6. The molecule has 41 heavy (non-hydrogen) atoms. The number of carboxylic acid groups (broad SMARTS) is 1. The summed E-state index contributed by atoms with van der Waals surface area (Å²) in [6.45, 7) is 4.07. The largest absolute Gasteiger partial charge is 0.481 e. The Morgan fingerprint density at radius 1 is 1.15 bits per heavy atom. The highest BCUT2D eigenvalue weighted by molar-refractivity contribution is 6.00. The van der Waals surface area contributed by atoms with Gasteiger partial charge in [-0.15, -0.1) is 0 Å². The van der Waals surface area contributed by atoms with Crippen LogP contribution in [0.1, 0.15) is 65.7 Å². The van der Waals surface area contributed by atoms with Gasteiger partial charge in [-0.3, -0.25) is 19.3 Å². The molecule has 0 bridgehead atoms. The van der Waals surface area contributed by atoms with Crippen molar-refractivity contribution in [1.29, 1.82) is 0 Å². The zero-order valence-corrected chi connectivity index (χ0v) is 23.3. The molecule has 4 rings (SSSR count). The summed E-state index contributed by atoms with van der Waals surface area (Å²) in [5.74, 6) is -1.53. The van der Waals surface area contributed by atoms with Crippen LogP contribution in [0.25, 0.3) is 10.9 Å². The van der Waals surface area contributed by atoms with E-state index in [1.165, 1.54) is 4.90 Å². The van der Waals surface area contributed by atoms with Gasteiger partial charge in [0.25, 0.3) is 5.91 Å². The molecular weight excluding hydrogens is 537 g/mol. The van der Waals surface area contributed by atoms with E-state index in [1.807, 2.05) is 19.2 Å². The Morgan fingerprint density at radius 2 is 1.90 bits per heavy atom. The van der Waals surface area contributed by atoms with Crippen LogP contribution in [-0.4, -0.2) is 58.2 Å². The van der Waals surface area contributed by atoms with Gasteiger partial charge in [0, 0.05) is 48.4 Å². The van der Waals surface area contributed by atoms with Crippen molar-refractivity contribution in [3.8, 4) is 0 Å². The van der Waals surface area contributed by atoms with Gasteiger partial charge in [0.2, 0.25) is 5.91 Å². The molecule has 220 valence electrons. The predicted octanol–water partition coefficient (Wildman–Crippen LogP) is 5.44. The van der Waals surface area contributed by atoms with E-state index in [0.717, 1.165) is 10.9 Å². The summed E-state index contributed by atoms with van der Waals surface area (Å²) in [7, 11) is 1.54. The number of rotatable bonds is 10. The average molecular weight is 573 g/mol. The molecule has 1 aromatic heterocycles. The first-order valence-corrected chi connectivity index (χ1v) is 13.7. The lowest BCUT2D eigenvalue weighted by molar-refractivity contribution is -0.177. The van der Waals surface area contributed by atoms with Crippen molar-refractivity contribution in [2.75, 3.05) is 18.9 Å². The van der Waals surface area contributed by atoms with E-state index in [1.54, 1.807) is 48.9 Å². The van der Waals surface area contributed by atoms with E-state index in [2.05, 4.69) is 10.6 Å². The van der Waals surface area contributed by atoms with Crippen molar-refractivity contribution in [2.45, 2.75) is 70.8 Å². The summed E-state index contributed by atoms with van der Waals surface area (Å²) in [5.41, 5.74) is 3.90. The van der Waals surface area contributed by atoms with Gasteiger partial charge < -0.3 is 20.3 Å². The first-order valence-electron chi connectivity index (χ1n) is 13.7. The quantitative estimate of drug-likeness (QED) is 0.300. The number of aliphatic carboxylic acids is 1. The molecule has 3 aromatic rings. The number of nitrogens with one attached hydrogen (secondary N) is 2. The Labute approximate surface area is 236 Å². The topological polar surface area (TPSA) is 104 Å². The first kappa shape index (κ1) is 30.1. The lowest BCUT2D eigenvalue weighted by Crippen LogP contribution is -2.40. The van der Waals surface area contributed by atoms with E-state index in [4.69, 9.17) is 5.11 Å². The van der Waals surface area contributed by atoms with Gasteiger partial charge in [-0.05, 0) is 81.0 Å². The smallest absolute Gasteiger partial charge is 0.404 e. The van der Waals surface area contributed by atoms with Gasteiger partial charge >= 0.3 is 12.1 Å². The summed E-state index contributed by atoms with van der Waals surface area (Å²) in [5, 5.41) is 15.5. The summed E-state index contributed by atoms with van der Waals surface area (Å²) in [6, 6.07) is 8.29. The van der Waals surface area contributed by atoms with Crippen LogP contribution in [0.5, 0.6) is 0 Å². The minimum absolute atomic E-state index is 0.0467. The number of anilines is 1. The number of carbonyl (C=O) groups excluding carboxylic acids is 2. The summed E-state index contributed by atoms with van der Waals surface area (Å²) in [6.07, 6.45) is -1.26. The Bertz CT molecular complexity index is 1450. The van der Waals surface area contributed by atoms with E-state index in [9.17, 15) is 27.6 Å². The third-order valence-corrected chi connectivity index (χ3v) is 7.72. The Balaban J connectivity index is 1.61. The number of halogens is 3. The molecule has 1 aliphatic heterocycles. The maximum Gasteiger partial charge on any atom is 0.404 e. The van der Waals surface area contributed by atoms with Crippen molar-refractivity contribution in [1.82, 2.24) is 14.8 Å². The van der Waals surface area contributed by atoms with Crippen molar-refractivity contribution < 1.29 is 32.7 Å². The molecule has 0 radical (unpaired) electrons. The Morgan fingerprint density at radius 3 is 2.59 bits per heavy atom. The third kappa shape index (κ3) is 6.90. The highest BCUT2D eigenvalue weighted by atomic mass is 19.4. The van der Waals surface area contributed by atoms with E-state index in [0.29, 0.717) is 53.7 Å². The third-order valence-electron chi connectivity index (χ3n) is 7.72. The number of carbonyl (C=O) groups is 3. The second kappa shape index (κ2) is 12.3. The van der Waals surface area contributed by atoms with Crippen LogP contribution in [0.4, 0.5) is 18.9 Å². The summed E-state index contributed by atoms with van der Waals surface area (Å²) >= 11 is 0. The van der Waals surface area contributed by atoms with Crippen molar-refractivity contribution in [2.24, 2.45) is 0 Å². The first-order chi connectivity index (χ1) is 19.4. The minimum atomic E-state index is -4.31. The molecule has 0 spiro atoms. The number of amides is 2. The zero-order valence-electron chi connectivity index (χ0n) is 23.3. The molecule has 1 aliphatic rings. The summed E-state index contributed by atoms with van der Waals surface area (Å²) < 4.78 is 42.3. The van der Waals surface area contributed by atoms with Crippen LogP contribution in [-0.2, 0) is 22.6 Å². The molecule has 0 aliphatic carbocycles. The molecule has 8 nitrogen and oxygen atoms in total. The molecule has 2 heterocycles. The van der Waals surface area contributed by atoms with Gasteiger partial charge in [0.15, 0.2) is 0 Å². The SMILES string of the molecule is CNC(=O)c1ccc2c(C)cn(C(C)C(=O)Nc3cc(CN4CCC[C@H]4C(F)(F)F)ccc3CCCC(=O)O)c2c1. The highest BCUT2D eigenvalue weighted by Crippen LogP contribution is 2.34. The number of carboxylic acids is 1. The minimum Gasteiger partial charge on any atom is -0.481 e. The fraction of sp³-hybridized carbons (Fsp3) is 0.433. The standard InChI is InChI=1S/C30H35F3N4O4/c1-18-16-37(25-15-22(29(41)34-3)11-12-23(18)25)19(2)28(40)35-24-14-20(9-10-21(24)6-4-8-27(38)39)17-36-13-5-7-26(36)30(31,32)33/h9-12,14-16,19,26H,4-8,13,17H2,1-3H3,(H,34,41)(H,35,40)(H,38,39)/t19?,26-/m0/s1. The van der Waals surface area contributed by atoms with Crippen LogP contribution < -0.4 is 10.6 Å². The van der Waals surface area contributed by atoms with Crippen molar-refractivity contribution in [3.05, 3.63) is 64.8 Å². The van der Waals surface area contributed by atoms with Crippen molar-refractivity contribution >= 4 is 34.4 Å². The van der Waals surface area contributed by atoms with Crippen LogP contribution in [0.15, 0.2) is 42.6 Å². The number of benzene rings is 2. The molecular formula is C30H35F3N4O4. The maximum atomic E-state index is 13.5. The van der Waals surface area contributed by atoms with Gasteiger partial charge in [-0.2, -0.15) is 13.2 Å². The molecule has 2 amide bonds. The van der Waals surface area contributed by atoms with Gasteiger partial charge in [0.05, 0.1) is 0 Å². The Hall–Kier alpha value is -3.86. The molecule has 1 saturated heterocycles. The van der Waals surface area contributed by atoms with Crippen LogP contribution in [0, 0.1) is 6.92 Å². The van der Waals surface area contributed by atoms with E-state index in [-0.39, 0.29) is 31.2 Å². The lowest BCUT2D eigenvalue weighted by Gasteiger charge is -2.27. The number of alkyl halides is 3. The van der Waals surface area contributed by atoms with Gasteiger partial charge in [-0.25, -0.2) is 0 Å². The Kier molecular flexibility index (Phi) is 9.06. The number of likely N-dealkylation sites (tertiary alicyclic amines) is 1. The molecule has 2 atom stereocenters. The lowest BCUT2D eigenvalue weighted by atomic mass is 10.0. The maximum absolute atomic E-state index is 13.5. The molecule has 2 aromatic carbocycles. The molecule has 11 heteroatoms. The fourth-order valence-corrected chi connectivity index (χ4v) is 5.50. The highest BCUT2D eigenvalue weighted by Gasteiger charge is 2.45. The summed E-state index contributed by atoms with van der Waals surface area (Å²) in [4.78, 5) is 38.2. The molecule has 3 N–H and O–H groups in total. The second-order valence-corrected chi connectivity index (χ2v) is 10.6. The number of fused-ring (bicyclic) bond motifs is 1. The molecule has 0 saturated carbocycles. The zero-order chi connectivity index (χ0) is 29.9. The van der Waals surface area contributed by atoms with E-state index < -0.39 is 24.2 Å². The van der Waals surface area contributed by atoms with Gasteiger partial charge in [0.1, 0.15) is 12.1 Å². The van der Waals surface area contributed by atoms with Gasteiger partial charge in [-0.1, -0.05) is 18.2 Å². The fourth-order valence-electron chi connectivity index (χ4n) is 5.50. The van der Waals surface area contributed by atoms with Crippen LogP contribution >= 0.6 is 0 Å². The second-order valence-electron chi connectivity index (χ2n) is 10.6. The van der Waals surface area contributed by atoms with Crippen molar-refractivity contribution in [3.63, 3.8) is 0 Å².